The fourth-order valence-electron chi connectivity index (χ4n) is 1.67. The third-order valence-corrected chi connectivity index (χ3v) is 3.34. The molecule has 5 nitrogen and oxygen atoms in total. The summed E-state index contributed by atoms with van der Waals surface area (Å²) in [6.45, 7) is 0.909. The van der Waals surface area contributed by atoms with E-state index in [1.807, 2.05) is 0 Å². The van der Waals surface area contributed by atoms with E-state index in [-0.39, 0.29) is 23.9 Å². The second kappa shape index (κ2) is 7.59. The lowest BCUT2D eigenvalue weighted by Gasteiger charge is -2.13. The summed E-state index contributed by atoms with van der Waals surface area (Å²) in [7, 11) is 0. The lowest BCUT2D eigenvalue weighted by Crippen LogP contribution is -2.37. The van der Waals surface area contributed by atoms with E-state index in [0.717, 1.165) is 6.07 Å². The minimum absolute atomic E-state index is 0.0100. The number of aliphatic hydroxyl groups excluding tert-OH is 1. The molecule has 2 rings (SSSR count). The SMILES string of the molecule is O=C(NCC(O)COCC1CC1)Nc1ccc(Cl)c(F)c1. The highest BCUT2D eigenvalue weighted by molar-refractivity contribution is 6.30. The van der Waals surface area contributed by atoms with Crippen LogP contribution < -0.4 is 10.6 Å². The van der Waals surface area contributed by atoms with Crippen LogP contribution in [0.5, 0.6) is 0 Å². The van der Waals surface area contributed by atoms with Gasteiger partial charge in [0, 0.05) is 18.8 Å². The molecule has 1 aliphatic carbocycles. The normalized spacial score (nSPS) is 15.6. The molecule has 21 heavy (non-hydrogen) atoms. The fraction of sp³-hybridized carbons (Fsp3) is 0.500. The van der Waals surface area contributed by atoms with Gasteiger partial charge >= 0.3 is 6.03 Å². The van der Waals surface area contributed by atoms with E-state index in [2.05, 4.69) is 10.6 Å². The van der Waals surface area contributed by atoms with E-state index < -0.39 is 18.0 Å². The number of ether oxygens (including phenoxy) is 1. The molecule has 0 radical (unpaired) electrons. The van der Waals surface area contributed by atoms with Gasteiger partial charge in [0.1, 0.15) is 5.82 Å². The number of benzene rings is 1. The quantitative estimate of drug-likeness (QED) is 0.723. The molecule has 0 heterocycles. The van der Waals surface area contributed by atoms with Crippen molar-refractivity contribution in [2.24, 2.45) is 5.92 Å². The summed E-state index contributed by atoms with van der Waals surface area (Å²) in [5.41, 5.74) is 0.286. The summed E-state index contributed by atoms with van der Waals surface area (Å²) in [6.07, 6.45) is 1.61. The smallest absolute Gasteiger partial charge is 0.319 e. The second-order valence-electron chi connectivity index (χ2n) is 5.10. The molecule has 1 aromatic carbocycles. The molecule has 3 N–H and O–H groups in total. The number of carbonyl (C=O) groups is 1. The van der Waals surface area contributed by atoms with Crippen LogP contribution >= 0.6 is 11.6 Å². The Balaban J connectivity index is 1.64. The molecular formula is C14H18ClFN2O3. The number of rotatable bonds is 7. The van der Waals surface area contributed by atoms with Gasteiger partial charge in [0.25, 0.3) is 0 Å². The minimum atomic E-state index is -0.767. The largest absolute Gasteiger partial charge is 0.389 e. The molecule has 0 saturated heterocycles. The average molecular weight is 317 g/mol. The van der Waals surface area contributed by atoms with Crippen molar-refractivity contribution in [2.75, 3.05) is 25.1 Å². The maximum absolute atomic E-state index is 13.2. The van der Waals surface area contributed by atoms with Crippen LogP contribution in [0.3, 0.4) is 0 Å². The molecule has 1 fully saturated rings. The van der Waals surface area contributed by atoms with Crippen LogP contribution in [0.25, 0.3) is 0 Å². The van der Waals surface area contributed by atoms with Gasteiger partial charge in [0.2, 0.25) is 0 Å². The van der Waals surface area contributed by atoms with E-state index >= 15 is 0 Å². The predicted molar refractivity (Wildman–Crippen MR) is 78.0 cm³/mol. The standard InChI is InChI=1S/C14H18ClFN2O3/c15-12-4-3-10(5-13(12)16)18-14(20)17-6-11(19)8-21-7-9-1-2-9/h3-5,9,11,19H,1-2,6-8H2,(H2,17,18,20). The lowest BCUT2D eigenvalue weighted by molar-refractivity contribution is 0.0339. The van der Waals surface area contributed by atoms with Crippen molar-refractivity contribution in [3.63, 3.8) is 0 Å². The Hall–Kier alpha value is -1.37. The summed E-state index contributed by atoms with van der Waals surface area (Å²) >= 11 is 5.54. The van der Waals surface area contributed by atoms with Crippen LogP contribution in [-0.4, -0.2) is 37.0 Å². The Labute approximate surface area is 127 Å². The number of anilines is 1. The average Bonchev–Trinajstić information content (AvgIpc) is 3.25. The van der Waals surface area contributed by atoms with Crippen LogP contribution in [0.1, 0.15) is 12.8 Å². The highest BCUT2D eigenvalue weighted by atomic mass is 35.5. The van der Waals surface area contributed by atoms with Crippen LogP contribution in [-0.2, 0) is 4.74 Å². The molecule has 1 unspecified atom stereocenters. The molecule has 0 aromatic heterocycles. The van der Waals surface area contributed by atoms with Crippen molar-refractivity contribution < 1.29 is 19.0 Å². The van der Waals surface area contributed by atoms with Crippen LogP contribution in [0.4, 0.5) is 14.9 Å². The van der Waals surface area contributed by atoms with E-state index in [0.29, 0.717) is 12.5 Å². The Kier molecular flexibility index (Phi) is 5.78. The van der Waals surface area contributed by atoms with Crippen molar-refractivity contribution in [1.82, 2.24) is 5.32 Å². The molecule has 1 atom stereocenters. The third kappa shape index (κ3) is 5.87. The summed E-state index contributed by atoms with van der Waals surface area (Å²) in [5.74, 6) is 0.0243. The lowest BCUT2D eigenvalue weighted by atomic mass is 10.3. The van der Waals surface area contributed by atoms with Gasteiger partial charge in [-0.3, -0.25) is 0 Å². The van der Waals surface area contributed by atoms with Gasteiger partial charge in [-0.05, 0) is 37.0 Å². The van der Waals surface area contributed by atoms with Crippen LogP contribution in [0, 0.1) is 11.7 Å². The molecule has 1 aromatic rings. The van der Waals surface area contributed by atoms with Gasteiger partial charge in [-0.2, -0.15) is 0 Å². The zero-order valence-electron chi connectivity index (χ0n) is 11.4. The number of urea groups is 1. The highest BCUT2D eigenvalue weighted by Gasteiger charge is 2.21. The predicted octanol–water partition coefficient (Wildman–Crippen LogP) is 2.39. The molecule has 1 saturated carbocycles. The van der Waals surface area contributed by atoms with Gasteiger partial charge < -0.3 is 20.5 Å². The molecule has 2 amide bonds. The first-order valence-corrected chi connectivity index (χ1v) is 7.18. The van der Waals surface area contributed by atoms with Gasteiger partial charge in [0.05, 0.1) is 17.7 Å². The number of carbonyl (C=O) groups excluding carboxylic acids is 1. The zero-order chi connectivity index (χ0) is 15.2. The second-order valence-corrected chi connectivity index (χ2v) is 5.51. The van der Waals surface area contributed by atoms with Gasteiger partial charge in [-0.25, -0.2) is 9.18 Å². The van der Waals surface area contributed by atoms with Gasteiger partial charge in [0.15, 0.2) is 0 Å². The maximum atomic E-state index is 13.2. The number of nitrogens with one attached hydrogen (secondary N) is 2. The first-order valence-electron chi connectivity index (χ1n) is 6.80. The Bertz CT molecular complexity index is 497. The van der Waals surface area contributed by atoms with Crippen molar-refractivity contribution in [3.05, 3.63) is 29.0 Å². The van der Waals surface area contributed by atoms with Crippen molar-refractivity contribution in [2.45, 2.75) is 18.9 Å². The monoisotopic (exact) mass is 316 g/mol. The van der Waals surface area contributed by atoms with E-state index in [1.54, 1.807) is 0 Å². The third-order valence-electron chi connectivity index (χ3n) is 3.04. The Morgan fingerprint density at radius 3 is 2.95 bits per heavy atom. The molecule has 116 valence electrons. The molecule has 0 aliphatic heterocycles. The maximum Gasteiger partial charge on any atom is 0.319 e. The molecule has 0 spiro atoms. The number of hydrogen-bond acceptors (Lipinski definition) is 3. The summed E-state index contributed by atoms with van der Waals surface area (Å²) in [6, 6.07) is 3.43. The summed E-state index contributed by atoms with van der Waals surface area (Å²) in [4.78, 5) is 11.6. The first-order chi connectivity index (χ1) is 10.0. The number of halogens is 2. The molecule has 1 aliphatic rings. The summed E-state index contributed by atoms with van der Waals surface area (Å²) in [5, 5.41) is 14.6. The van der Waals surface area contributed by atoms with Crippen LogP contribution in [0.2, 0.25) is 5.02 Å². The molecular weight excluding hydrogens is 299 g/mol. The number of aliphatic hydroxyl groups is 1. The first kappa shape index (κ1) is 16.0. The minimum Gasteiger partial charge on any atom is -0.389 e. The number of amides is 2. The van der Waals surface area contributed by atoms with Gasteiger partial charge in [-0.1, -0.05) is 11.6 Å². The topological polar surface area (TPSA) is 70.6 Å². The van der Waals surface area contributed by atoms with Gasteiger partial charge in [-0.15, -0.1) is 0 Å². The van der Waals surface area contributed by atoms with Crippen LogP contribution in [0.15, 0.2) is 18.2 Å². The Morgan fingerprint density at radius 1 is 1.52 bits per heavy atom. The summed E-state index contributed by atoms with van der Waals surface area (Å²) < 4.78 is 18.5. The van der Waals surface area contributed by atoms with E-state index in [9.17, 15) is 14.3 Å². The highest BCUT2D eigenvalue weighted by Crippen LogP contribution is 2.28. The molecule has 7 heteroatoms. The fourth-order valence-corrected chi connectivity index (χ4v) is 1.79. The van der Waals surface area contributed by atoms with Crippen molar-refractivity contribution in [3.8, 4) is 0 Å². The number of hydrogen-bond donors (Lipinski definition) is 3. The zero-order valence-corrected chi connectivity index (χ0v) is 12.2. The van der Waals surface area contributed by atoms with E-state index in [4.69, 9.17) is 16.3 Å². The van der Waals surface area contributed by atoms with Crippen molar-refractivity contribution >= 4 is 23.3 Å². The van der Waals surface area contributed by atoms with E-state index in [1.165, 1.54) is 25.0 Å². The van der Waals surface area contributed by atoms with Crippen molar-refractivity contribution in [1.29, 1.82) is 0 Å². The molecule has 0 bridgehead atoms. The Morgan fingerprint density at radius 2 is 2.29 bits per heavy atom.